The normalized spacial score (nSPS) is 13.4. The highest BCUT2D eigenvalue weighted by Gasteiger charge is 2.20. The standard InChI is InChI=1S/C12H10N4/c1-8-3-4-9(11(16-8)10-7-15-10)12-13-5-2-6-14-12/h2-6H,7H2,1H3. The molecule has 0 spiro atoms. The van der Waals surface area contributed by atoms with Gasteiger partial charge in [-0.1, -0.05) is 0 Å². The Morgan fingerprint density at radius 3 is 2.56 bits per heavy atom. The van der Waals surface area contributed by atoms with Crippen LogP contribution in [0.3, 0.4) is 0 Å². The molecule has 0 radical (unpaired) electrons. The number of rotatable bonds is 2. The number of aromatic nitrogens is 3. The maximum absolute atomic E-state index is 4.50. The molecule has 78 valence electrons. The zero-order valence-corrected chi connectivity index (χ0v) is 8.88. The van der Waals surface area contributed by atoms with Gasteiger partial charge in [0.25, 0.3) is 0 Å². The van der Waals surface area contributed by atoms with Crippen molar-refractivity contribution in [2.45, 2.75) is 6.92 Å². The van der Waals surface area contributed by atoms with Crippen LogP contribution in [0, 0.1) is 6.92 Å². The Labute approximate surface area is 93.1 Å². The van der Waals surface area contributed by atoms with Gasteiger partial charge in [0.15, 0.2) is 5.82 Å². The molecule has 3 rings (SSSR count). The highest BCUT2D eigenvalue weighted by Crippen LogP contribution is 2.22. The van der Waals surface area contributed by atoms with Crippen LogP contribution in [0.15, 0.2) is 35.6 Å². The van der Waals surface area contributed by atoms with Gasteiger partial charge in [0.2, 0.25) is 0 Å². The lowest BCUT2D eigenvalue weighted by Crippen LogP contribution is -2.01. The quantitative estimate of drug-likeness (QED) is 0.757. The molecule has 0 N–H and O–H groups in total. The molecule has 0 saturated carbocycles. The summed E-state index contributed by atoms with van der Waals surface area (Å²) in [6.45, 7) is 2.76. The first kappa shape index (κ1) is 9.15. The number of pyridine rings is 1. The van der Waals surface area contributed by atoms with E-state index in [9.17, 15) is 0 Å². The third kappa shape index (κ3) is 1.58. The van der Waals surface area contributed by atoms with Crippen LogP contribution in [0.25, 0.3) is 11.4 Å². The van der Waals surface area contributed by atoms with Gasteiger partial charge in [-0.15, -0.1) is 0 Å². The molecule has 3 heterocycles. The predicted octanol–water partition coefficient (Wildman–Crippen LogP) is 1.65. The average molecular weight is 210 g/mol. The van der Waals surface area contributed by atoms with E-state index in [0.717, 1.165) is 29.2 Å². The SMILES string of the molecule is Cc1ccc(-c2ncccn2)c(C2=NC2)n1. The van der Waals surface area contributed by atoms with Gasteiger partial charge in [0.05, 0.1) is 18.0 Å². The van der Waals surface area contributed by atoms with E-state index < -0.39 is 0 Å². The van der Waals surface area contributed by atoms with Gasteiger partial charge in [0, 0.05) is 23.7 Å². The predicted molar refractivity (Wildman–Crippen MR) is 61.4 cm³/mol. The fraction of sp³-hybridized carbons (Fsp3) is 0.167. The van der Waals surface area contributed by atoms with Gasteiger partial charge in [-0.05, 0) is 25.1 Å². The molecule has 4 nitrogen and oxygen atoms in total. The number of hydrogen-bond donors (Lipinski definition) is 0. The maximum Gasteiger partial charge on any atom is 0.161 e. The second-order valence-corrected chi connectivity index (χ2v) is 3.68. The molecule has 0 aromatic carbocycles. The van der Waals surface area contributed by atoms with Crippen LogP contribution < -0.4 is 0 Å². The first-order chi connectivity index (χ1) is 7.84. The number of nitrogens with zero attached hydrogens (tertiary/aromatic N) is 4. The Morgan fingerprint density at radius 2 is 1.88 bits per heavy atom. The van der Waals surface area contributed by atoms with Crippen LogP contribution in [0.2, 0.25) is 0 Å². The van der Waals surface area contributed by atoms with Crippen molar-refractivity contribution in [3.05, 3.63) is 42.0 Å². The molecule has 1 aliphatic heterocycles. The third-order valence-corrected chi connectivity index (χ3v) is 2.43. The minimum absolute atomic E-state index is 0.708. The van der Waals surface area contributed by atoms with E-state index in [4.69, 9.17) is 0 Å². The van der Waals surface area contributed by atoms with Crippen molar-refractivity contribution >= 4 is 5.71 Å². The fourth-order valence-electron chi connectivity index (χ4n) is 1.58. The molecule has 0 saturated heterocycles. The summed E-state index contributed by atoms with van der Waals surface area (Å²) >= 11 is 0. The van der Waals surface area contributed by atoms with Gasteiger partial charge < -0.3 is 0 Å². The number of aliphatic imine (C=N–C) groups is 1. The summed E-state index contributed by atoms with van der Waals surface area (Å²) in [5.41, 5.74) is 3.92. The van der Waals surface area contributed by atoms with Crippen LogP contribution in [0.5, 0.6) is 0 Å². The molecule has 0 atom stereocenters. The summed E-state index contributed by atoms with van der Waals surface area (Å²) in [4.78, 5) is 17.2. The van der Waals surface area contributed by atoms with E-state index >= 15 is 0 Å². The molecular weight excluding hydrogens is 200 g/mol. The van der Waals surface area contributed by atoms with Crippen LogP contribution in [0.1, 0.15) is 11.4 Å². The fourth-order valence-corrected chi connectivity index (χ4v) is 1.58. The van der Waals surface area contributed by atoms with E-state index in [2.05, 4.69) is 19.9 Å². The molecule has 0 fully saturated rings. The maximum atomic E-state index is 4.50. The summed E-state index contributed by atoms with van der Waals surface area (Å²) in [6, 6.07) is 5.78. The second-order valence-electron chi connectivity index (χ2n) is 3.68. The lowest BCUT2D eigenvalue weighted by atomic mass is 10.1. The summed E-state index contributed by atoms with van der Waals surface area (Å²) in [5.74, 6) is 0.708. The van der Waals surface area contributed by atoms with Crippen molar-refractivity contribution in [3.8, 4) is 11.4 Å². The van der Waals surface area contributed by atoms with Crippen molar-refractivity contribution in [1.82, 2.24) is 15.0 Å². The lowest BCUT2D eigenvalue weighted by molar-refractivity contribution is 1.13. The van der Waals surface area contributed by atoms with E-state index in [-0.39, 0.29) is 0 Å². The summed E-state index contributed by atoms with van der Waals surface area (Å²) in [5, 5.41) is 0. The van der Waals surface area contributed by atoms with Gasteiger partial charge in [-0.25, -0.2) is 9.97 Å². The minimum atomic E-state index is 0.708. The summed E-state index contributed by atoms with van der Waals surface area (Å²) in [7, 11) is 0. The minimum Gasteiger partial charge on any atom is -0.279 e. The number of aryl methyl sites for hydroxylation is 1. The molecule has 0 aliphatic carbocycles. The highest BCUT2D eigenvalue weighted by atomic mass is 14.9. The Hall–Kier alpha value is -2.10. The van der Waals surface area contributed by atoms with Crippen LogP contribution in [-0.4, -0.2) is 27.2 Å². The Kier molecular flexibility index (Phi) is 1.99. The van der Waals surface area contributed by atoms with Crippen LogP contribution in [0.4, 0.5) is 0 Å². The number of hydrogen-bond acceptors (Lipinski definition) is 4. The second kappa shape index (κ2) is 3.48. The van der Waals surface area contributed by atoms with E-state index in [0.29, 0.717) is 5.82 Å². The van der Waals surface area contributed by atoms with Gasteiger partial charge >= 0.3 is 0 Å². The molecule has 1 aliphatic rings. The van der Waals surface area contributed by atoms with E-state index in [1.54, 1.807) is 18.5 Å². The largest absolute Gasteiger partial charge is 0.279 e. The van der Waals surface area contributed by atoms with E-state index in [1.165, 1.54) is 0 Å². The van der Waals surface area contributed by atoms with E-state index in [1.807, 2.05) is 19.1 Å². The van der Waals surface area contributed by atoms with Gasteiger partial charge in [-0.3, -0.25) is 9.98 Å². The molecule has 2 aromatic heterocycles. The van der Waals surface area contributed by atoms with Crippen molar-refractivity contribution in [1.29, 1.82) is 0 Å². The molecule has 16 heavy (non-hydrogen) atoms. The Balaban J connectivity index is 2.17. The smallest absolute Gasteiger partial charge is 0.161 e. The summed E-state index contributed by atoms with van der Waals surface area (Å²) < 4.78 is 0. The summed E-state index contributed by atoms with van der Waals surface area (Å²) in [6.07, 6.45) is 3.47. The van der Waals surface area contributed by atoms with Crippen molar-refractivity contribution < 1.29 is 0 Å². The lowest BCUT2D eigenvalue weighted by Gasteiger charge is -2.04. The zero-order chi connectivity index (χ0) is 11.0. The van der Waals surface area contributed by atoms with Gasteiger partial charge in [0.1, 0.15) is 0 Å². The van der Waals surface area contributed by atoms with Crippen LogP contribution in [-0.2, 0) is 0 Å². The van der Waals surface area contributed by atoms with Crippen molar-refractivity contribution in [2.75, 3.05) is 6.54 Å². The first-order valence-electron chi connectivity index (χ1n) is 5.13. The Morgan fingerprint density at radius 1 is 1.12 bits per heavy atom. The highest BCUT2D eigenvalue weighted by molar-refractivity contribution is 6.12. The van der Waals surface area contributed by atoms with Crippen molar-refractivity contribution in [2.24, 2.45) is 4.99 Å². The molecule has 0 bridgehead atoms. The first-order valence-corrected chi connectivity index (χ1v) is 5.13. The average Bonchev–Trinajstić information content (AvgIpc) is 3.14. The molecular formula is C12H10N4. The van der Waals surface area contributed by atoms with Crippen molar-refractivity contribution in [3.63, 3.8) is 0 Å². The third-order valence-electron chi connectivity index (χ3n) is 2.43. The molecule has 2 aromatic rings. The molecule has 4 heteroatoms. The molecule has 0 amide bonds. The van der Waals surface area contributed by atoms with Crippen LogP contribution >= 0.6 is 0 Å². The zero-order valence-electron chi connectivity index (χ0n) is 8.88. The topological polar surface area (TPSA) is 51.0 Å². The Bertz CT molecular complexity index is 560. The molecule has 0 unspecified atom stereocenters. The monoisotopic (exact) mass is 210 g/mol. The van der Waals surface area contributed by atoms with Gasteiger partial charge in [-0.2, -0.15) is 0 Å².